The van der Waals surface area contributed by atoms with Crippen LogP contribution in [-0.2, 0) is 0 Å². The molecule has 0 aliphatic carbocycles. The molecule has 0 unspecified atom stereocenters. The van der Waals surface area contributed by atoms with Crippen molar-refractivity contribution in [3.05, 3.63) is 66.6 Å². The summed E-state index contributed by atoms with van der Waals surface area (Å²) >= 11 is 1.51. The zero-order chi connectivity index (χ0) is 19.5. The average molecular weight is 392 g/mol. The molecule has 0 saturated carbocycles. The monoisotopic (exact) mass is 392 g/mol. The van der Waals surface area contributed by atoms with E-state index in [9.17, 15) is 0 Å². The van der Waals surface area contributed by atoms with E-state index in [-0.39, 0.29) is 0 Å². The van der Waals surface area contributed by atoms with E-state index in [1.165, 1.54) is 17.5 Å². The average Bonchev–Trinajstić information content (AvgIpc) is 3.17. The lowest BCUT2D eigenvalue weighted by Crippen LogP contribution is -1.95. The van der Waals surface area contributed by atoms with Crippen molar-refractivity contribution in [3.63, 3.8) is 0 Å². The Hall–Kier alpha value is -3.19. The lowest BCUT2D eigenvalue weighted by Gasteiger charge is -2.08. The van der Waals surface area contributed by atoms with Crippen LogP contribution in [-0.4, -0.2) is 28.6 Å². The molecule has 6 nitrogen and oxygen atoms in total. The summed E-state index contributed by atoms with van der Waals surface area (Å²) < 4.78 is 16.0. The van der Waals surface area contributed by atoms with E-state index in [1.54, 1.807) is 20.4 Å². The Balaban J connectivity index is 1.64. The standard InChI is InChI=1S/C21H20N4O2S/c1-14-4-7-16(8-5-14)28-24-20-21-23-17(13-25(21)11-10-22-20)15-6-9-18(26-2)19(12-15)27-3/h4-13H,1-3H3,(H,22,24). The first kappa shape index (κ1) is 18.2. The van der Waals surface area contributed by atoms with Crippen molar-refractivity contribution >= 4 is 23.4 Å². The highest BCUT2D eigenvalue weighted by molar-refractivity contribution is 8.00. The highest BCUT2D eigenvalue weighted by Gasteiger charge is 2.12. The van der Waals surface area contributed by atoms with Gasteiger partial charge in [-0.1, -0.05) is 17.7 Å². The Labute approximate surface area is 167 Å². The van der Waals surface area contributed by atoms with E-state index in [2.05, 4.69) is 40.9 Å². The Morgan fingerprint density at radius 2 is 1.79 bits per heavy atom. The lowest BCUT2D eigenvalue weighted by molar-refractivity contribution is 0.355. The summed E-state index contributed by atoms with van der Waals surface area (Å²) in [6.07, 6.45) is 5.61. The van der Waals surface area contributed by atoms with Crippen LogP contribution in [0.4, 0.5) is 5.82 Å². The first-order valence-corrected chi connectivity index (χ1v) is 9.55. The van der Waals surface area contributed by atoms with Crippen LogP contribution in [0, 0.1) is 6.92 Å². The molecule has 0 fully saturated rings. The van der Waals surface area contributed by atoms with E-state index in [1.807, 2.05) is 35.0 Å². The topological polar surface area (TPSA) is 60.7 Å². The van der Waals surface area contributed by atoms with Crippen molar-refractivity contribution < 1.29 is 9.47 Å². The van der Waals surface area contributed by atoms with Crippen molar-refractivity contribution in [2.45, 2.75) is 11.8 Å². The lowest BCUT2D eigenvalue weighted by atomic mass is 10.1. The third-order valence-corrected chi connectivity index (χ3v) is 5.14. The molecule has 2 heterocycles. The summed E-state index contributed by atoms with van der Waals surface area (Å²) in [4.78, 5) is 10.3. The summed E-state index contributed by atoms with van der Waals surface area (Å²) in [5.41, 5.74) is 3.76. The predicted octanol–water partition coefficient (Wildman–Crippen LogP) is 4.84. The fourth-order valence-corrected chi connectivity index (χ4v) is 3.47. The van der Waals surface area contributed by atoms with E-state index in [4.69, 9.17) is 14.5 Å². The number of fused-ring (bicyclic) bond motifs is 1. The van der Waals surface area contributed by atoms with Crippen LogP contribution in [0.25, 0.3) is 16.9 Å². The van der Waals surface area contributed by atoms with Crippen molar-refractivity contribution in [1.82, 2.24) is 14.4 Å². The van der Waals surface area contributed by atoms with Gasteiger partial charge in [-0.2, -0.15) is 0 Å². The number of nitrogens with zero attached hydrogens (tertiary/aromatic N) is 3. The molecule has 0 atom stereocenters. The second-order valence-electron chi connectivity index (χ2n) is 6.22. The van der Waals surface area contributed by atoms with Crippen molar-refractivity contribution in [1.29, 1.82) is 0 Å². The zero-order valence-corrected chi connectivity index (χ0v) is 16.7. The smallest absolute Gasteiger partial charge is 0.181 e. The first-order valence-electron chi connectivity index (χ1n) is 8.73. The third kappa shape index (κ3) is 3.61. The molecule has 28 heavy (non-hydrogen) atoms. The number of ether oxygens (including phenoxy) is 2. The van der Waals surface area contributed by atoms with E-state index >= 15 is 0 Å². The van der Waals surface area contributed by atoms with Crippen LogP contribution >= 0.6 is 11.9 Å². The third-order valence-electron chi connectivity index (χ3n) is 4.34. The molecule has 0 amide bonds. The molecule has 2 aromatic heterocycles. The quantitative estimate of drug-likeness (QED) is 0.474. The van der Waals surface area contributed by atoms with Gasteiger partial charge in [0.05, 0.1) is 19.9 Å². The second kappa shape index (κ2) is 7.82. The van der Waals surface area contributed by atoms with Crippen molar-refractivity contribution in [2.75, 3.05) is 18.9 Å². The van der Waals surface area contributed by atoms with Gasteiger partial charge in [-0.15, -0.1) is 0 Å². The number of imidazole rings is 1. The van der Waals surface area contributed by atoms with Gasteiger partial charge < -0.3 is 18.6 Å². The Morgan fingerprint density at radius 3 is 2.54 bits per heavy atom. The van der Waals surface area contributed by atoms with Crippen LogP contribution in [0.3, 0.4) is 0 Å². The number of aryl methyl sites for hydroxylation is 1. The first-order chi connectivity index (χ1) is 13.7. The molecular weight excluding hydrogens is 372 g/mol. The van der Waals surface area contributed by atoms with Gasteiger partial charge in [0.15, 0.2) is 23.0 Å². The highest BCUT2D eigenvalue weighted by atomic mass is 32.2. The molecule has 0 bridgehead atoms. The van der Waals surface area contributed by atoms with Gasteiger partial charge in [0.25, 0.3) is 0 Å². The molecule has 7 heteroatoms. The molecule has 2 aromatic carbocycles. The van der Waals surface area contributed by atoms with Crippen molar-refractivity contribution in [2.24, 2.45) is 0 Å². The van der Waals surface area contributed by atoms with Crippen LogP contribution in [0.15, 0.2) is 66.0 Å². The number of anilines is 1. The number of benzene rings is 2. The number of rotatable bonds is 6. The van der Waals surface area contributed by atoms with E-state index < -0.39 is 0 Å². The predicted molar refractivity (Wildman–Crippen MR) is 112 cm³/mol. The molecule has 0 aliphatic rings. The molecule has 1 N–H and O–H groups in total. The highest BCUT2D eigenvalue weighted by Crippen LogP contribution is 2.32. The number of methoxy groups -OCH3 is 2. The molecule has 0 spiro atoms. The van der Waals surface area contributed by atoms with Gasteiger partial charge in [0.1, 0.15) is 0 Å². The zero-order valence-electron chi connectivity index (χ0n) is 15.8. The maximum Gasteiger partial charge on any atom is 0.181 e. The van der Waals surface area contributed by atoms with Crippen LogP contribution in [0.2, 0.25) is 0 Å². The van der Waals surface area contributed by atoms with Gasteiger partial charge in [0.2, 0.25) is 0 Å². The van der Waals surface area contributed by atoms with Gasteiger partial charge in [-0.05, 0) is 49.2 Å². The minimum atomic E-state index is 0.670. The summed E-state index contributed by atoms with van der Waals surface area (Å²) in [6, 6.07) is 14.1. The minimum absolute atomic E-state index is 0.670. The molecular formula is C21H20N4O2S. The summed E-state index contributed by atoms with van der Waals surface area (Å²) in [7, 11) is 3.25. The molecule has 0 saturated heterocycles. The van der Waals surface area contributed by atoms with Crippen LogP contribution in [0.5, 0.6) is 11.5 Å². The fourth-order valence-electron chi connectivity index (χ4n) is 2.84. The second-order valence-corrected chi connectivity index (χ2v) is 7.10. The number of hydrogen-bond donors (Lipinski definition) is 1. The van der Waals surface area contributed by atoms with E-state index in [0.29, 0.717) is 17.3 Å². The summed E-state index contributed by atoms with van der Waals surface area (Å²) in [5, 5.41) is 0. The Bertz CT molecular complexity index is 1110. The Morgan fingerprint density at radius 1 is 1.00 bits per heavy atom. The SMILES string of the molecule is COc1ccc(-c2cn3ccnc(NSc4ccc(C)cc4)c3n2)cc1OC. The molecule has 4 rings (SSSR count). The summed E-state index contributed by atoms with van der Waals surface area (Å²) in [5.74, 6) is 2.07. The Kier molecular flexibility index (Phi) is 5.08. The summed E-state index contributed by atoms with van der Waals surface area (Å²) in [6.45, 7) is 2.07. The number of nitrogens with one attached hydrogen (secondary N) is 1. The number of hydrogen-bond acceptors (Lipinski definition) is 6. The fraction of sp³-hybridized carbons (Fsp3) is 0.143. The van der Waals surface area contributed by atoms with Gasteiger partial charge >= 0.3 is 0 Å². The van der Waals surface area contributed by atoms with Crippen LogP contribution < -0.4 is 14.2 Å². The van der Waals surface area contributed by atoms with Gasteiger partial charge in [0, 0.05) is 29.0 Å². The molecule has 0 radical (unpaired) electrons. The normalized spacial score (nSPS) is 10.8. The van der Waals surface area contributed by atoms with Gasteiger partial charge in [-0.25, -0.2) is 9.97 Å². The van der Waals surface area contributed by atoms with Crippen molar-refractivity contribution in [3.8, 4) is 22.8 Å². The molecule has 0 aliphatic heterocycles. The van der Waals surface area contributed by atoms with Crippen LogP contribution in [0.1, 0.15) is 5.56 Å². The largest absolute Gasteiger partial charge is 0.493 e. The van der Waals surface area contributed by atoms with Gasteiger partial charge in [-0.3, -0.25) is 0 Å². The molecule has 142 valence electrons. The molecule has 4 aromatic rings. The minimum Gasteiger partial charge on any atom is -0.493 e. The van der Waals surface area contributed by atoms with E-state index in [0.717, 1.165) is 21.8 Å². The maximum absolute atomic E-state index is 5.40. The maximum atomic E-state index is 5.40. The number of aromatic nitrogens is 3.